The molecule has 0 bridgehead atoms. The standard InChI is InChI=1S/C19H16F2N2.ClH/c1-13-11-15(12-22-18-7-3-16(20)4-8-18)14(2)23(13)19-9-5-17(21)6-10-19;/h3-12H,1-2H3;1H. The van der Waals surface area contributed by atoms with Crippen molar-refractivity contribution in [1.82, 2.24) is 4.57 Å². The zero-order valence-corrected chi connectivity index (χ0v) is 14.1. The van der Waals surface area contributed by atoms with Gasteiger partial charge in [-0.2, -0.15) is 0 Å². The Kier molecular flexibility index (Phi) is 5.52. The SMILES string of the molecule is Cc1cc(C=Nc2ccc(F)cc2)c(C)n1-c1ccc(F)cc1.Cl. The number of nitrogens with zero attached hydrogens (tertiary/aromatic N) is 2. The molecular weight excluding hydrogens is 330 g/mol. The van der Waals surface area contributed by atoms with Crippen LogP contribution in [-0.2, 0) is 0 Å². The number of aromatic nitrogens is 1. The zero-order valence-electron chi connectivity index (χ0n) is 13.3. The normalized spacial score (nSPS) is 10.8. The summed E-state index contributed by atoms with van der Waals surface area (Å²) in [5, 5.41) is 0. The third kappa shape index (κ3) is 3.71. The van der Waals surface area contributed by atoms with Gasteiger partial charge in [0.2, 0.25) is 0 Å². The second-order valence-electron chi connectivity index (χ2n) is 5.37. The van der Waals surface area contributed by atoms with Crippen molar-refractivity contribution in [2.24, 2.45) is 4.99 Å². The summed E-state index contributed by atoms with van der Waals surface area (Å²) in [6.07, 6.45) is 1.76. The van der Waals surface area contributed by atoms with E-state index in [9.17, 15) is 8.78 Å². The van der Waals surface area contributed by atoms with Crippen molar-refractivity contribution in [2.75, 3.05) is 0 Å². The highest BCUT2D eigenvalue weighted by molar-refractivity contribution is 5.85. The third-order valence-electron chi connectivity index (χ3n) is 3.73. The molecule has 0 N–H and O–H groups in total. The lowest BCUT2D eigenvalue weighted by Gasteiger charge is -2.09. The first-order valence-electron chi connectivity index (χ1n) is 7.29. The van der Waals surface area contributed by atoms with E-state index in [2.05, 4.69) is 4.99 Å². The first kappa shape index (κ1) is 17.9. The minimum absolute atomic E-state index is 0. The van der Waals surface area contributed by atoms with E-state index >= 15 is 0 Å². The summed E-state index contributed by atoms with van der Waals surface area (Å²) in [5.41, 5.74) is 4.62. The second kappa shape index (κ2) is 7.41. The Bertz CT molecular complexity index is 850. The summed E-state index contributed by atoms with van der Waals surface area (Å²) in [7, 11) is 0. The van der Waals surface area contributed by atoms with Gasteiger partial charge in [-0.1, -0.05) is 0 Å². The van der Waals surface area contributed by atoms with Crippen LogP contribution in [0.5, 0.6) is 0 Å². The first-order chi connectivity index (χ1) is 11.0. The Labute approximate surface area is 145 Å². The van der Waals surface area contributed by atoms with E-state index in [1.807, 2.05) is 24.5 Å². The number of aliphatic imine (C=N–C) groups is 1. The summed E-state index contributed by atoms with van der Waals surface area (Å²) in [6.45, 7) is 3.98. The van der Waals surface area contributed by atoms with E-state index in [0.717, 1.165) is 22.6 Å². The molecular formula is C19H17ClF2N2. The van der Waals surface area contributed by atoms with Crippen LogP contribution in [0.4, 0.5) is 14.5 Å². The molecule has 1 heterocycles. The number of hydrogen-bond acceptors (Lipinski definition) is 1. The van der Waals surface area contributed by atoms with Gasteiger partial charge >= 0.3 is 0 Å². The van der Waals surface area contributed by atoms with Crippen molar-refractivity contribution in [3.63, 3.8) is 0 Å². The summed E-state index contributed by atoms with van der Waals surface area (Å²) < 4.78 is 28.0. The molecule has 0 aliphatic heterocycles. The van der Waals surface area contributed by atoms with Crippen LogP contribution in [0.2, 0.25) is 0 Å². The average Bonchev–Trinajstić information content (AvgIpc) is 2.82. The van der Waals surface area contributed by atoms with Gasteiger partial charge in [0.05, 0.1) is 5.69 Å². The van der Waals surface area contributed by atoms with Crippen molar-refractivity contribution < 1.29 is 8.78 Å². The molecule has 0 aliphatic carbocycles. The van der Waals surface area contributed by atoms with Gasteiger partial charge in [-0.05, 0) is 68.4 Å². The molecule has 1 aromatic heterocycles. The predicted molar refractivity (Wildman–Crippen MR) is 96.1 cm³/mol. The molecule has 0 aliphatic rings. The van der Waals surface area contributed by atoms with E-state index in [4.69, 9.17) is 0 Å². The van der Waals surface area contributed by atoms with Crippen LogP contribution in [0.3, 0.4) is 0 Å². The fourth-order valence-electron chi connectivity index (χ4n) is 2.58. The van der Waals surface area contributed by atoms with Crippen LogP contribution in [0.15, 0.2) is 59.6 Å². The highest BCUT2D eigenvalue weighted by atomic mass is 35.5. The molecule has 2 nitrogen and oxygen atoms in total. The molecule has 0 atom stereocenters. The topological polar surface area (TPSA) is 17.3 Å². The summed E-state index contributed by atoms with van der Waals surface area (Å²) in [4.78, 5) is 4.38. The lowest BCUT2D eigenvalue weighted by molar-refractivity contribution is 0.627. The number of rotatable bonds is 3. The van der Waals surface area contributed by atoms with Gasteiger partial charge in [-0.15, -0.1) is 12.4 Å². The fourth-order valence-corrected chi connectivity index (χ4v) is 2.58. The minimum Gasteiger partial charge on any atom is -0.318 e. The Morgan fingerprint density at radius 3 is 2.00 bits per heavy atom. The lowest BCUT2D eigenvalue weighted by atomic mass is 10.2. The van der Waals surface area contributed by atoms with Crippen LogP contribution in [0, 0.1) is 25.5 Å². The summed E-state index contributed by atoms with van der Waals surface area (Å²) in [5.74, 6) is -0.534. The second-order valence-corrected chi connectivity index (χ2v) is 5.37. The zero-order chi connectivity index (χ0) is 16.4. The molecule has 0 spiro atoms. The molecule has 124 valence electrons. The van der Waals surface area contributed by atoms with E-state index in [1.165, 1.54) is 24.3 Å². The molecule has 0 radical (unpaired) electrons. The molecule has 24 heavy (non-hydrogen) atoms. The lowest BCUT2D eigenvalue weighted by Crippen LogP contribution is -1.99. The quantitative estimate of drug-likeness (QED) is 0.554. The maximum atomic E-state index is 13.1. The summed E-state index contributed by atoms with van der Waals surface area (Å²) in [6, 6.07) is 14.4. The van der Waals surface area contributed by atoms with Crippen molar-refractivity contribution in [2.45, 2.75) is 13.8 Å². The van der Waals surface area contributed by atoms with Gasteiger partial charge < -0.3 is 4.57 Å². The maximum absolute atomic E-state index is 13.1. The molecule has 3 rings (SSSR count). The molecule has 0 saturated carbocycles. The van der Waals surface area contributed by atoms with E-state index in [0.29, 0.717) is 5.69 Å². The van der Waals surface area contributed by atoms with Crippen molar-refractivity contribution in [3.8, 4) is 5.69 Å². The number of halogens is 3. The smallest absolute Gasteiger partial charge is 0.123 e. The van der Waals surface area contributed by atoms with Gasteiger partial charge in [0.15, 0.2) is 0 Å². The van der Waals surface area contributed by atoms with Gasteiger partial charge in [0.1, 0.15) is 11.6 Å². The highest BCUT2D eigenvalue weighted by Gasteiger charge is 2.09. The Morgan fingerprint density at radius 2 is 1.42 bits per heavy atom. The van der Waals surface area contributed by atoms with Crippen LogP contribution in [-0.4, -0.2) is 10.8 Å². The fraction of sp³-hybridized carbons (Fsp3) is 0.105. The number of benzene rings is 2. The largest absolute Gasteiger partial charge is 0.318 e. The average molecular weight is 347 g/mol. The Morgan fingerprint density at radius 1 is 0.875 bits per heavy atom. The van der Waals surface area contributed by atoms with Gasteiger partial charge in [-0.25, -0.2) is 8.78 Å². The molecule has 3 aromatic rings. The summed E-state index contributed by atoms with van der Waals surface area (Å²) >= 11 is 0. The molecule has 0 fully saturated rings. The highest BCUT2D eigenvalue weighted by Crippen LogP contribution is 2.21. The molecule has 5 heteroatoms. The first-order valence-corrected chi connectivity index (χ1v) is 7.29. The van der Waals surface area contributed by atoms with Gasteiger partial charge in [0, 0.05) is 28.9 Å². The van der Waals surface area contributed by atoms with Crippen molar-refractivity contribution >= 4 is 24.3 Å². The Balaban J connectivity index is 0.00000208. The van der Waals surface area contributed by atoms with Crippen LogP contribution < -0.4 is 0 Å². The third-order valence-corrected chi connectivity index (χ3v) is 3.73. The van der Waals surface area contributed by atoms with Gasteiger partial charge in [-0.3, -0.25) is 4.99 Å². The van der Waals surface area contributed by atoms with Crippen LogP contribution in [0.1, 0.15) is 17.0 Å². The van der Waals surface area contributed by atoms with E-state index in [1.54, 1.807) is 30.5 Å². The van der Waals surface area contributed by atoms with Crippen molar-refractivity contribution in [3.05, 3.63) is 83.2 Å². The van der Waals surface area contributed by atoms with E-state index < -0.39 is 0 Å². The van der Waals surface area contributed by atoms with Gasteiger partial charge in [0.25, 0.3) is 0 Å². The predicted octanol–water partition coefficient (Wildman–Crippen LogP) is 5.54. The number of hydrogen-bond donors (Lipinski definition) is 0. The number of aryl methyl sites for hydroxylation is 1. The minimum atomic E-state index is -0.279. The van der Waals surface area contributed by atoms with Crippen LogP contribution in [0.25, 0.3) is 5.69 Å². The monoisotopic (exact) mass is 346 g/mol. The maximum Gasteiger partial charge on any atom is 0.123 e. The Hall–Kier alpha value is -2.46. The molecule has 0 saturated heterocycles. The molecule has 0 unspecified atom stereocenters. The van der Waals surface area contributed by atoms with Crippen LogP contribution >= 0.6 is 12.4 Å². The molecule has 2 aromatic carbocycles. The van der Waals surface area contributed by atoms with E-state index in [-0.39, 0.29) is 24.0 Å². The van der Waals surface area contributed by atoms with Crippen molar-refractivity contribution in [1.29, 1.82) is 0 Å². The molecule has 0 amide bonds.